The van der Waals surface area contributed by atoms with Crippen LogP contribution in [0, 0.1) is 0 Å². The molecular weight excluding hydrogens is 258 g/mol. The molecule has 2 rings (SSSR count). The molecule has 1 heterocycles. The molecule has 1 fully saturated rings. The monoisotopic (exact) mass is 269 g/mol. The molecule has 0 unspecified atom stereocenters. The van der Waals surface area contributed by atoms with Crippen LogP contribution in [0.4, 0.5) is 0 Å². The van der Waals surface area contributed by atoms with Gasteiger partial charge in [0.15, 0.2) is 0 Å². The van der Waals surface area contributed by atoms with Crippen molar-refractivity contribution in [2.75, 3.05) is 6.61 Å². The van der Waals surface area contributed by atoms with Crippen molar-refractivity contribution in [3.8, 4) is 0 Å². The number of carbonyl (C=O) groups excluding carboxylic acids is 1. The van der Waals surface area contributed by atoms with Crippen LogP contribution in [-0.2, 0) is 4.74 Å². The Morgan fingerprint density at radius 2 is 2.40 bits per heavy atom. The van der Waals surface area contributed by atoms with Gasteiger partial charge in [0.25, 0.3) is 0 Å². The van der Waals surface area contributed by atoms with E-state index in [-0.39, 0.29) is 5.97 Å². The van der Waals surface area contributed by atoms with E-state index in [2.05, 4.69) is 20.9 Å². The van der Waals surface area contributed by atoms with Gasteiger partial charge >= 0.3 is 5.97 Å². The molecule has 0 aliphatic heterocycles. The topological polar surface area (TPSA) is 39.2 Å². The van der Waals surface area contributed by atoms with Gasteiger partial charge in [-0.3, -0.25) is 4.98 Å². The summed E-state index contributed by atoms with van der Waals surface area (Å²) in [5.41, 5.74) is 1.49. The molecule has 15 heavy (non-hydrogen) atoms. The molecule has 0 aromatic carbocycles. The van der Waals surface area contributed by atoms with Crippen molar-refractivity contribution in [2.45, 2.75) is 25.7 Å². The summed E-state index contributed by atoms with van der Waals surface area (Å²) >= 11 is 3.31. The first kappa shape index (κ1) is 10.6. The minimum absolute atomic E-state index is 0.270. The highest BCUT2D eigenvalue weighted by Gasteiger charge is 2.30. The molecule has 1 aliphatic carbocycles. The Morgan fingerprint density at radius 3 is 3.00 bits per heavy atom. The van der Waals surface area contributed by atoms with E-state index in [0.29, 0.717) is 18.1 Å². The molecule has 80 valence electrons. The average molecular weight is 270 g/mol. The second-order valence-corrected chi connectivity index (χ2v) is 4.50. The van der Waals surface area contributed by atoms with E-state index in [4.69, 9.17) is 4.74 Å². The molecule has 0 saturated heterocycles. The van der Waals surface area contributed by atoms with Gasteiger partial charge in [-0.05, 0) is 41.8 Å². The van der Waals surface area contributed by atoms with Gasteiger partial charge in [-0.15, -0.1) is 0 Å². The predicted octanol–water partition coefficient (Wildman–Crippen LogP) is 2.90. The largest absolute Gasteiger partial charge is 0.462 e. The summed E-state index contributed by atoms with van der Waals surface area (Å²) in [4.78, 5) is 16.0. The molecule has 0 bridgehead atoms. The van der Waals surface area contributed by atoms with Gasteiger partial charge in [-0.2, -0.15) is 0 Å². The van der Waals surface area contributed by atoms with Gasteiger partial charge in [0, 0.05) is 16.6 Å². The van der Waals surface area contributed by atoms with Gasteiger partial charge in [-0.1, -0.05) is 0 Å². The molecule has 1 aromatic rings. The smallest absolute Gasteiger partial charge is 0.340 e. The Morgan fingerprint density at radius 1 is 1.67 bits per heavy atom. The third-order valence-corrected chi connectivity index (χ3v) is 2.78. The number of hydrogen-bond donors (Lipinski definition) is 0. The lowest BCUT2D eigenvalue weighted by molar-refractivity contribution is 0.0524. The molecular formula is C11H12BrNO2. The summed E-state index contributed by atoms with van der Waals surface area (Å²) in [5.74, 6) is 0.186. The molecule has 0 radical (unpaired) electrons. The Kier molecular flexibility index (Phi) is 3.05. The number of ether oxygens (including phenoxy) is 1. The first-order valence-corrected chi connectivity index (χ1v) is 5.84. The number of hydrogen-bond acceptors (Lipinski definition) is 3. The van der Waals surface area contributed by atoms with Crippen molar-refractivity contribution < 1.29 is 9.53 Å². The Bertz CT molecular complexity index is 388. The summed E-state index contributed by atoms with van der Waals surface area (Å²) in [6, 6.07) is 1.79. The predicted molar refractivity (Wildman–Crippen MR) is 59.9 cm³/mol. The third kappa shape index (κ3) is 2.37. The highest BCUT2D eigenvalue weighted by Crippen LogP contribution is 2.41. The van der Waals surface area contributed by atoms with Crippen molar-refractivity contribution in [2.24, 2.45) is 0 Å². The van der Waals surface area contributed by atoms with Crippen LogP contribution >= 0.6 is 15.9 Å². The number of pyridine rings is 1. The summed E-state index contributed by atoms with van der Waals surface area (Å²) in [7, 11) is 0. The maximum absolute atomic E-state index is 11.7. The van der Waals surface area contributed by atoms with Crippen LogP contribution in [0.1, 0.15) is 41.7 Å². The molecule has 0 spiro atoms. The summed E-state index contributed by atoms with van der Waals surface area (Å²) in [5, 5.41) is 0. The van der Waals surface area contributed by atoms with Gasteiger partial charge in [0.05, 0.1) is 17.9 Å². The van der Waals surface area contributed by atoms with Crippen molar-refractivity contribution in [1.82, 2.24) is 4.98 Å². The zero-order chi connectivity index (χ0) is 10.8. The highest BCUT2D eigenvalue weighted by molar-refractivity contribution is 9.10. The van der Waals surface area contributed by atoms with Crippen LogP contribution in [0.15, 0.2) is 16.7 Å². The summed E-state index contributed by atoms with van der Waals surface area (Å²) in [6.07, 6.45) is 3.98. The Balaban J connectivity index is 2.33. The Hall–Kier alpha value is -0.900. The van der Waals surface area contributed by atoms with E-state index in [9.17, 15) is 4.79 Å². The van der Waals surface area contributed by atoms with Crippen molar-refractivity contribution in [3.63, 3.8) is 0 Å². The second kappa shape index (κ2) is 4.31. The first-order valence-electron chi connectivity index (χ1n) is 5.05. The maximum Gasteiger partial charge on any atom is 0.340 e. The molecule has 1 aliphatic rings. The minimum atomic E-state index is -0.270. The maximum atomic E-state index is 11.7. The fraction of sp³-hybridized carbons (Fsp3) is 0.455. The quantitative estimate of drug-likeness (QED) is 0.793. The van der Waals surface area contributed by atoms with E-state index < -0.39 is 0 Å². The van der Waals surface area contributed by atoms with Crippen molar-refractivity contribution in [3.05, 3.63) is 28.0 Å². The van der Waals surface area contributed by atoms with Crippen LogP contribution in [0.5, 0.6) is 0 Å². The zero-order valence-corrected chi connectivity index (χ0v) is 10.1. The van der Waals surface area contributed by atoms with E-state index in [1.54, 1.807) is 19.2 Å². The normalized spacial score (nSPS) is 15.1. The average Bonchev–Trinajstić information content (AvgIpc) is 3.01. The van der Waals surface area contributed by atoms with Crippen LogP contribution in [0.3, 0.4) is 0 Å². The summed E-state index contributed by atoms with van der Waals surface area (Å²) in [6.45, 7) is 2.20. The summed E-state index contributed by atoms with van der Waals surface area (Å²) < 4.78 is 5.82. The van der Waals surface area contributed by atoms with Crippen molar-refractivity contribution in [1.29, 1.82) is 0 Å². The van der Waals surface area contributed by atoms with Crippen LogP contribution in [0.2, 0.25) is 0 Å². The van der Waals surface area contributed by atoms with Crippen molar-refractivity contribution >= 4 is 21.9 Å². The first-order chi connectivity index (χ1) is 7.22. The van der Waals surface area contributed by atoms with E-state index in [1.165, 1.54) is 0 Å². The lowest BCUT2D eigenvalue weighted by atomic mass is 10.1. The lowest BCUT2D eigenvalue weighted by Crippen LogP contribution is -2.09. The molecule has 1 aromatic heterocycles. The highest BCUT2D eigenvalue weighted by atomic mass is 79.9. The number of carbonyl (C=O) groups is 1. The van der Waals surface area contributed by atoms with Crippen LogP contribution in [0.25, 0.3) is 0 Å². The standard InChI is InChI=1S/C11H12BrNO2/c1-2-15-11(14)9-5-8(12)6-13-10(9)7-3-4-7/h5-7H,2-4H2,1H3. The number of rotatable bonds is 3. The van der Waals surface area contributed by atoms with E-state index in [0.717, 1.165) is 23.0 Å². The Labute approximate surface area is 97.0 Å². The molecule has 3 nitrogen and oxygen atoms in total. The molecule has 4 heteroatoms. The minimum Gasteiger partial charge on any atom is -0.462 e. The van der Waals surface area contributed by atoms with Gasteiger partial charge in [0.1, 0.15) is 0 Å². The number of esters is 1. The van der Waals surface area contributed by atoms with Crippen LogP contribution in [-0.4, -0.2) is 17.6 Å². The van der Waals surface area contributed by atoms with Gasteiger partial charge in [-0.25, -0.2) is 4.79 Å². The molecule has 0 N–H and O–H groups in total. The zero-order valence-electron chi connectivity index (χ0n) is 8.50. The van der Waals surface area contributed by atoms with Crippen LogP contribution < -0.4 is 0 Å². The van der Waals surface area contributed by atoms with E-state index >= 15 is 0 Å². The van der Waals surface area contributed by atoms with Gasteiger partial charge < -0.3 is 4.74 Å². The fourth-order valence-corrected chi connectivity index (χ4v) is 1.84. The lowest BCUT2D eigenvalue weighted by Gasteiger charge is -2.07. The number of aromatic nitrogens is 1. The fourth-order valence-electron chi connectivity index (χ4n) is 1.50. The molecule has 1 saturated carbocycles. The third-order valence-electron chi connectivity index (χ3n) is 2.34. The SMILES string of the molecule is CCOC(=O)c1cc(Br)cnc1C1CC1. The molecule has 0 atom stereocenters. The molecule has 0 amide bonds. The van der Waals surface area contributed by atoms with E-state index in [1.807, 2.05) is 0 Å². The number of nitrogens with zero attached hydrogens (tertiary/aromatic N) is 1. The van der Waals surface area contributed by atoms with Gasteiger partial charge in [0.2, 0.25) is 0 Å². The second-order valence-electron chi connectivity index (χ2n) is 3.58. The number of halogens is 1.